The molecule has 2 fully saturated rings. The lowest BCUT2D eigenvalue weighted by atomic mass is 9.79. The highest BCUT2D eigenvalue weighted by Crippen LogP contribution is 2.40. The van der Waals surface area contributed by atoms with E-state index in [0.717, 1.165) is 6.54 Å². The van der Waals surface area contributed by atoms with Crippen LogP contribution in [0.1, 0.15) is 31.2 Å². The molecule has 2 aliphatic rings. The molecule has 0 bridgehead atoms. The number of amides is 3. The summed E-state index contributed by atoms with van der Waals surface area (Å²) in [6.07, 6.45) is 4.83. The first-order valence-corrected chi connectivity index (χ1v) is 9.23. The summed E-state index contributed by atoms with van der Waals surface area (Å²) in [6.45, 7) is 1.71. The number of carbonyl (C=O) groups is 2. The van der Waals surface area contributed by atoms with Gasteiger partial charge in [0.2, 0.25) is 5.91 Å². The number of imide groups is 1. The molecule has 1 heterocycles. The second-order valence-electron chi connectivity index (χ2n) is 6.91. The lowest BCUT2D eigenvalue weighted by Crippen LogP contribution is -2.47. The van der Waals surface area contributed by atoms with Crippen LogP contribution in [0.5, 0.6) is 0 Å². The van der Waals surface area contributed by atoms with Gasteiger partial charge in [0.05, 0.1) is 6.54 Å². The standard InChI is InChI=1S/C19H27N5O2.HI/c1-20-17(21-11-12-24-16(25)13-22-18(24)26)23-14-19(9-5-6-10-19)15-7-3-2-4-8-15;/h2-4,7-8H,5-6,9-14H2,1H3,(H,22,26)(H2,20,21,23);1H. The topological polar surface area (TPSA) is 85.8 Å². The maximum atomic E-state index is 11.6. The minimum atomic E-state index is -0.325. The monoisotopic (exact) mass is 485 g/mol. The molecule has 1 aromatic rings. The molecular weight excluding hydrogens is 457 g/mol. The smallest absolute Gasteiger partial charge is 0.324 e. The third-order valence-corrected chi connectivity index (χ3v) is 5.33. The van der Waals surface area contributed by atoms with Crippen molar-refractivity contribution < 1.29 is 9.59 Å². The molecule has 1 saturated heterocycles. The van der Waals surface area contributed by atoms with Gasteiger partial charge in [-0.2, -0.15) is 0 Å². The van der Waals surface area contributed by atoms with Crippen LogP contribution in [0.25, 0.3) is 0 Å². The highest BCUT2D eigenvalue weighted by molar-refractivity contribution is 14.0. The zero-order chi connectivity index (χ0) is 18.4. The van der Waals surface area contributed by atoms with Crippen molar-refractivity contribution in [2.45, 2.75) is 31.1 Å². The fraction of sp³-hybridized carbons (Fsp3) is 0.526. The van der Waals surface area contributed by atoms with E-state index in [2.05, 4.69) is 51.3 Å². The van der Waals surface area contributed by atoms with Gasteiger partial charge in [0.15, 0.2) is 5.96 Å². The van der Waals surface area contributed by atoms with Crippen molar-refractivity contribution in [3.05, 3.63) is 35.9 Å². The Morgan fingerprint density at radius 1 is 1.19 bits per heavy atom. The van der Waals surface area contributed by atoms with Gasteiger partial charge in [0.25, 0.3) is 0 Å². The van der Waals surface area contributed by atoms with Crippen LogP contribution < -0.4 is 16.0 Å². The van der Waals surface area contributed by atoms with Crippen molar-refractivity contribution in [1.29, 1.82) is 0 Å². The van der Waals surface area contributed by atoms with Crippen molar-refractivity contribution in [1.82, 2.24) is 20.9 Å². The Labute approximate surface area is 177 Å². The summed E-state index contributed by atoms with van der Waals surface area (Å²) in [7, 11) is 1.73. The molecule has 27 heavy (non-hydrogen) atoms. The number of carbonyl (C=O) groups excluding carboxylic acids is 2. The van der Waals surface area contributed by atoms with Crippen LogP contribution in [0.4, 0.5) is 4.79 Å². The summed E-state index contributed by atoms with van der Waals surface area (Å²) < 4.78 is 0. The Kier molecular flexibility index (Phi) is 7.88. The van der Waals surface area contributed by atoms with Gasteiger partial charge >= 0.3 is 6.03 Å². The van der Waals surface area contributed by atoms with Crippen molar-refractivity contribution in [2.24, 2.45) is 4.99 Å². The summed E-state index contributed by atoms with van der Waals surface area (Å²) in [5.41, 5.74) is 1.52. The summed E-state index contributed by atoms with van der Waals surface area (Å²) in [4.78, 5) is 28.6. The van der Waals surface area contributed by atoms with Crippen molar-refractivity contribution in [3.8, 4) is 0 Å². The van der Waals surface area contributed by atoms with Crippen LogP contribution in [0, 0.1) is 0 Å². The zero-order valence-electron chi connectivity index (χ0n) is 15.7. The number of aliphatic imine (C=N–C) groups is 1. The quantitative estimate of drug-likeness (QED) is 0.249. The average molecular weight is 485 g/mol. The molecular formula is C19H28IN5O2. The fourth-order valence-electron chi connectivity index (χ4n) is 3.85. The van der Waals surface area contributed by atoms with E-state index in [4.69, 9.17) is 0 Å². The molecule has 1 saturated carbocycles. The van der Waals surface area contributed by atoms with E-state index in [-0.39, 0.29) is 47.9 Å². The van der Waals surface area contributed by atoms with Gasteiger partial charge in [-0.3, -0.25) is 14.7 Å². The molecule has 0 radical (unpaired) electrons. The number of hydrogen-bond donors (Lipinski definition) is 3. The maximum absolute atomic E-state index is 11.6. The molecule has 1 aromatic carbocycles. The molecule has 148 valence electrons. The van der Waals surface area contributed by atoms with Crippen LogP contribution in [0.15, 0.2) is 35.3 Å². The van der Waals surface area contributed by atoms with Gasteiger partial charge in [-0.05, 0) is 18.4 Å². The molecule has 3 rings (SSSR count). The SMILES string of the molecule is CN=C(NCCN1C(=O)CNC1=O)NCC1(c2ccccc2)CCCC1.I. The number of urea groups is 1. The molecule has 0 aromatic heterocycles. The number of nitrogens with one attached hydrogen (secondary N) is 3. The second-order valence-corrected chi connectivity index (χ2v) is 6.91. The highest BCUT2D eigenvalue weighted by Gasteiger charge is 2.35. The first kappa shape index (κ1) is 21.5. The molecule has 3 N–H and O–H groups in total. The fourth-order valence-corrected chi connectivity index (χ4v) is 3.85. The molecule has 3 amide bonds. The van der Waals surface area contributed by atoms with E-state index in [1.54, 1.807) is 7.05 Å². The van der Waals surface area contributed by atoms with Gasteiger partial charge in [0, 0.05) is 32.1 Å². The Bertz CT molecular complexity index is 658. The van der Waals surface area contributed by atoms with Crippen molar-refractivity contribution in [3.63, 3.8) is 0 Å². The first-order valence-electron chi connectivity index (χ1n) is 9.23. The van der Waals surface area contributed by atoms with Crippen LogP contribution >= 0.6 is 24.0 Å². The predicted molar refractivity (Wildman–Crippen MR) is 116 cm³/mol. The van der Waals surface area contributed by atoms with Gasteiger partial charge in [0.1, 0.15) is 0 Å². The van der Waals surface area contributed by atoms with Crippen LogP contribution in [0.2, 0.25) is 0 Å². The van der Waals surface area contributed by atoms with Crippen LogP contribution in [-0.4, -0.2) is 56.0 Å². The van der Waals surface area contributed by atoms with E-state index in [0.29, 0.717) is 19.0 Å². The van der Waals surface area contributed by atoms with Crippen molar-refractivity contribution >= 4 is 41.9 Å². The third kappa shape index (κ3) is 5.12. The lowest BCUT2D eigenvalue weighted by molar-refractivity contribution is -0.124. The number of guanidine groups is 1. The molecule has 7 nitrogen and oxygen atoms in total. The average Bonchev–Trinajstić information content (AvgIpc) is 3.27. The summed E-state index contributed by atoms with van der Waals surface area (Å²) in [6, 6.07) is 10.3. The number of rotatable bonds is 6. The Morgan fingerprint density at radius 3 is 2.48 bits per heavy atom. The van der Waals surface area contributed by atoms with Gasteiger partial charge < -0.3 is 16.0 Å². The molecule has 0 atom stereocenters. The minimum Gasteiger partial charge on any atom is -0.356 e. The normalized spacial score (nSPS) is 18.9. The van der Waals surface area contributed by atoms with E-state index in [1.807, 2.05) is 0 Å². The Hall–Kier alpha value is -1.84. The molecule has 0 unspecified atom stereocenters. The Balaban J connectivity index is 0.00000261. The zero-order valence-corrected chi connectivity index (χ0v) is 18.0. The first-order chi connectivity index (χ1) is 12.6. The van der Waals surface area contributed by atoms with Crippen LogP contribution in [-0.2, 0) is 10.2 Å². The van der Waals surface area contributed by atoms with Gasteiger partial charge in [-0.15, -0.1) is 24.0 Å². The number of nitrogens with zero attached hydrogens (tertiary/aromatic N) is 2. The van der Waals surface area contributed by atoms with E-state index in [9.17, 15) is 9.59 Å². The number of hydrogen-bond acceptors (Lipinski definition) is 3. The molecule has 1 aliphatic heterocycles. The molecule has 0 spiro atoms. The van der Waals surface area contributed by atoms with E-state index in [1.165, 1.54) is 36.1 Å². The maximum Gasteiger partial charge on any atom is 0.324 e. The summed E-state index contributed by atoms with van der Waals surface area (Å²) >= 11 is 0. The van der Waals surface area contributed by atoms with Crippen molar-refractivity contribution in [2.75, 3.05) is 33.2 Å². The highest BCUT2D eigenvalue weighted by atomic mass is 127. The largest absolute Gasteiger partial charge is 0.356 e. The summed E-state index contributed by atoms with van der Waals surface area (Å²) in [5, 5.41) is 9.15. The predicted octanol–water partition coefficient (Wildman–Crippen LogP) is 1.83. The third-order valence-electron chi connectivity index (χ3n) is 5.33. The minimum absolute atomic E-state index is 0. The molecule has 8 heteroatoms. The van der Waals surface area contributed by atoms with Gasteiger partial charge in [-0.25, -0.2) is 4.79 Å². The molecule has 1 aliphatic carbocycles. The van der Waals surface area contributed by atoms with E-state index < -0.39 is 0 Å². The Morgan fingerprint density at radius 2 is 1.89 bits per heavy atom. The van der Waals surface area contributed by atoms with E-state index >= 15 is 0 Å². The van der Waals surface area contributed by atoms with Gasteiger partial charge in [-0.1, -0.05) is 43.2 Å². The lowest BCUT2D eigenvalue weighted by Gasteiger charge is -2.31. The number of benzene rings is 1. The second kappa shape index (κ2) is 9.91. The summed E-state index contributed by atoms with van der Waals surface area (Å²) in [5.74, 6) is 0.507. The van der Waals surface area contributed by atoms with Crippen LogP contribution in [0.3, 0.4) is 0 Å². The number of halogens is 1.